The van der Waals surface area contributed by atoms with E-state index < -0.39 is 5.97 Å². The SMILES string of the molecule is Cc1oc(-c2ccccn2)cc1C(Oc1ccc(C(=O)N(C)CCC(=O)O)cc1)C1CCCCC1. The molecule has 0 aliphatic heterocycles. The number of ether oxygens (including phenoxy) is 1. The van der Waals surface area contributed by atoms with Crippen LogP contribution in [0.25, 0.3) is 11.5 Å². The zero-order valence-electron chi connectivity index (χ0n) is 20.3. The molecule has 7 heteroatoms. The maximum Gasteiger partial charge on any atom is 0.305 e. The number of rotatable bonds is 9. The van der Waals surface area contributed by atoms with Gasteiger partial charge in [0.25, 0.3) is 5.91 Å². The first-order valence-electron chi connectivity index (χ1n) is 12.2. The molecule has 1 aliphatic carbocycles. The van der Waals surface area contributed by atoms with E-state index in [2.05, 4.69) is 4.98 Å². The zero-order chi connectivity index (χ0) is 24.8. The molecule has 0 radical (unpaired) electrons. The molecule has 1 aromatic carbocycles. The van der Waals surface area contributed by atoms with E-state index in [4.69, 9.17) is 14.3 Å². The van der Waals surface area contributed by atoms with Crippen molar-refractivity contribution in [2.45, 2.75) is 51.6 Å². The predicted molar refractivity (Wildman–Crippen MR) is 132 cm³/mol. The van der Waals surface area contributed by atoms with Gasteiger partial charge in [0, 0.05) is 36.8 Å². The third-order valence-electron chi connectivity index (χ3n) is 6.63. The molecule has 184 valence electrons. The van der Waals surface area contributed by atoms with Gasteiger partial charge in [-0.2, -0.15) is 0 Å². The number of carbonyl (C=O) groups is 2. The van der Waals surface area contributed by atoms with Gasteiger partial charge in [0.2, 0.25) is 0 Å². The second-order valence-electron chi connectivity index (χ2n) is 9.17. The number of hydrogen-bond acceptors (Lipinski definition) is 5. The summed E-state index contributed by atoms with van der Waals surface area (Å²) in [6.07, 6.45) is 7.32. The fourth-order valence-corrected chi connectivity index (χ4v) is 4.67. The number of aliphatic carboxylic acids is 1. The van der Waals surface area contributed by atoms with E-state index in [1.807, 2.05) is 43.3 Å². The lowest BCUT2D eigenvalue weighted by Crippen LogP contribution is -2.29. The van der Waals surface area contributed by atoms with Gasteiger partial charge in [0.15, 0.2) is 5.76 Å². The Morgan fingerprint density at radius 1 is 1.14 bits per heavy atom. The summed E-state index contributed by atoms with van der Waals surface area (Å²) in [7, 11) is 1.61. The highest BCUT2D eigenvalue weighted by atomic mass is 16.5. The summed E-state index contributed by atoms with van der Waals surface area (Å²) in [6, 6.07) is 14.9. The van der Waals surface area contributed by atoms with E-state index >= 15 is 0 Å². The van der Waals surface area contributed by atoms with Gasteiger partial charge in [-0.25, -0.2) is 0 Å². The Kier molecular flexibility index (Phi) is 7.85. The lowest BCUT2D eigenvalue weighted by Gasteiger charge is -2.30. The van der Waals surface area contributed by atoms with Crippen molar-refractivity contribution >= 4 is 11.9 Å². The highest BCUT2D eigenvalue weighted by Gasteiger charge is 2.30. The molecule has 0 spiro atoms. The van der Waals surface area contributed by atoms with Crippen LogP contribution in [0.1, 0.15) is 66.3 Å². The molecule has 2 aromatic heterocycles. The fourth-order valence-electron chi connectivity index (χ4n) is 4.67. The number of aryl methyl sites for hydroxylation is 1. The molecule has 35 heavy (non-hydrogen) atoms. The number of hydrogen-bond donors (Lipinski definition) is 1. The molecule has 1 amide bonds. The molecule has 1 atom stereocenters. The highest BCUT2D eigenvalue weighted by Crippen LogP contribution is 2.41. The topological polar surface area (TPSA) is 92.9 Å². The monoisotopic (exact) mass is 476 g/mol. The zero-order valence-corrected chi connectivity index (χ0v) is 20.3. The van der Waals surface area contributed by atoms with E-state index in [1.54, 1.807) is 25.4 Å². The summed E-state index contributed by atoms with van der Waals surface area (Å²) in [4.78, 5) is 29.3. The Balaban J connectivity index is 1.54. The van der Waals surface area contributed by atoms with Crippen LogP contribution in [0.3, 0.4) is 0 Å². The first kappa shape index (κ1) is 24.5. The quantitative estimate of drug-likeness (QED) is 0.413. The summed E-state index contributed by atoms with van der Waals surface area (Å²) >= 11 is 0. The van der Waals surface area contributed by atoms with Gasteiger partial charge in [-0.1, -0.05) is 25.3 Å². The van der Waals surface area contributed by atoms with Crippen LogP contribution < -0.4 is 4.74 Å². The van der Waals surface area contributed by atoms with Gasteiger partial charge in [0.05, 0.1) is 6.42 Å². The Hall–Kier alpha value is -3.61. The van der Waals surface area contributed by atoms with Crippen LogP contribution in [-0.4, -0.2) is 40.5 Å². The first-order valence-corrected chi connectivity index (χ1v) is 12.2. The van der Waals surface area contributed by atoms with Gasteiger partial charge in [-0.15, -0.1) is 0 Å². The van der Waals surface area contributed by atoms with E-state index in [0.717, 1.165) is 35.6 Å². The largest absolute Gasteiger partial charge is 0.485 e. The minimum absolute atomic E-state index is 0.0863. The Bertz CT molecular complexity index is 1130. The second kappa shape index (κ2) is 11.2. The lowest BCUT2D eigenvalue weighted by molar-refractivity contribution is -0.137. The van der Waals surface area contributed by atoms with E-state index in [9.17, 15) is 9.59 Å². The summed E-state index contributed by atoms with van der Waals surface area (Å²) in [5.74, 6) is 1.47. The molecule has 4 rings (SSSR count). The molecular formula is C28H32N2O5. The highest BCUT2D eigenvalue weighted by molar-refractivity contribution is 5.94. The smallest absolute Gasteiger partial charge is 0.305 e. The summed E-state index contributed by atoms with van der Waals surface area (Å²) in [5, 5.41) is 8.86. The molecular weight excluding hydrogens is 444 g/mol. The Morgan fingerprint density at radius 3 is 2.54 bits per heavy atom. The third kappa shape index (κ3) is 6.10. The molecule has 2 heterocycles. The number of pyridine rings is 1. The van der Waals surface area contributed by atoms with Gasteiger partial charge >= 0.3 is 5.97 Å². The predicted octanol–water partition coefficient (Wildman–Crippen LogP) is 5.90. The van der Waals surface area contributed by atoms with Crippen molar-refractivity contribution < 1.29 is 23.8 Å². The number of furan rings is 1. The Labute approximate surface area is 205 Å². The van der Waals surface area contributed by atoms with Crippen LogP contribution in [0.5, 0.6) is 5.75 Å². The van der Waals surface area contributed by atoms with Crippen molar-refractivity contribution in [2.75, 3.05) is 13.6 Å². The van der Waals surface area contributed by atoms with Gasteiger partial charge < -0.3 is 19.2 Å². The standard InChI is InChI=1S/C28H32N2O5/c1-19-23(18-25(34-19)24-10-6-7-16-29-24)27(20-8-4-3-5-9-20)35-22-13-11-21(12-14-22)28(33)30(2)17-15-26(31)32/h6-7,10-14,16,18,20,27H,3-5,8-9,15,17H2,1-2H3,(H,31,32). The van der Waals surface area contributed by atoms with Crippen LogP contribution in [0.15, 0.2) is 59.1 Å². The maximum atomic E-state index is 12.6. The van der Waals surface area contributed by atoms with Crippen LogP contribution in [-0.2, 0) is 4.79 Å². The average molecular weight is 477 g/mol. The van der Waals surface area contributed by atoms with Crippen molar-refractivity contribution in [3.63, 3.8) is 0 Å². The minimum atomic E-state index is -0.928. The number of carbonyl (C=O) groups excluding carboxylic acids is 1. The molecule has 7 nitrogen and oxygen atoms in total. The van der Waals surface area contributed by atoms with E-state index in [1.165, 1.54) is 24.2 Å². The fraction of sp³-hybridized carbons (Fsp3) is 0.393. The van der Waals surface area contributed by atoms with Crippen molar-refractivity contribution in [3.05, 3.63) is 71.6 Å². The van der Waals surface area contributed by atoms with Gasteiger partial charge in [-0.05, 0) is 62.2 Å². The first-order chi connectivity index (χ1) is 16.9. The molecule has 1 N–H and O–H groups in total. The lowest BCUT2D eigenvalue weighted by atomic mass is 9.82. The van der Waals surface area contributed by atoms with Gasteiger partial charge in [0.1, 0.15) is 23.3 Å². The molecule has 1 aliphatic rings. The Morgan fingerprint density at radius 2 is 1.89 bits per heavy atom. The maximum absolute atomic E-state index is 12.6. The van der Waals surface area contributed by atoms with Crippen LogP contribution >= 0.6 is 0 Å². The number of nitrogens with zero attached hydrogens (tertiary/aromatic N) is 2. The van der Waals surface area contributed by atoms with Crippen LogP contribution in [0, 0.1) is 12.8 Å². The van der Waals surface area contributed by atoms with Crippen molar-refractivity contribution in [2.24, 2.45) is 5.92 Å². The number of carboxylic acids is 1. The minimum Gasteiger partial charge on any atom is -0.485 e. The normalized spacial score (nSPS) is 14.9. The molecule has 3 aromatic rings. The van der Waals surface area contributed by atoms with Crippen LogP contribution in [0.4, 0.5) is 0 Å². The summed E-state index contributed by atoms with van der Waals surface area (Å²) in [6.45, 7) is 2.13. The number of aromatic nitrogens is 1. The number of benzene rings is 1. The number of amides is 1. The van der Waals surface area contributed by atoms with Crippen LogP contribution in [0.2, 0.25) is 0 Å². The third-order valence-corrected chi connectivity index (χ3v) is 6.63. The number of carboxylic acid groups (broad SMARTS) is 1. The molecule has 1 unspecified atom stereocenters. The molecule has 1 fully saturated rings. The second-order valence-corrected chi connectivity index (χ2v) is 9.17. The van der Waals surface area contributed by atoms with Gasteiger partial charge in [-0.3, -0.25) is 14.6 Å². The van der Waals surface area contributed by atoms with Crippen molar-refractivity contribution in [3.8, 4) is 17.2 Å². The average Bonchev–Trinajstić information content (AvgIpc) is 3.28. The summed E-state index contributed by atoms with van der Waals surface area (Å²) < 4.78 is 12.7. The van der Waals surface area contributed by atoms with E-state index in [-0.39, 0.29) is 25.0 Å². The van der Waals surface area contributed by atoms with Crippen molar-refractivity contribution in [1.82, 2.24) is 9.88 Å². The molecule has 0 bridgehead atoms. The summed E-state index contributed by atoms with van der Waals surface area (Å²) in [5.41, 5.74) is 2.32. The van der Waals surface area contributed by atoms with E-state index in [0.29, 0.717) is 17.2 Å². The molecule has 1 saturated carbocycles. The molecule has 0 saturated heterocycles. The van der Waals surface area contributed by atoms with Crippen molar-refractivity contribution in [1.29, 1.82) is 0 Å².